The molecule has 15 nitrogen and oxygen atoms in total. The van der Waals surface area contributed by atoms with E-state index >= 15 is 0 Å². The largest absolute Gasteiger partial charge is 0.507 e. The highest BCUT2D eigenvalue weighted by molar-refractivity contribution is 7.91. The van der Waals surface area contributed by atoms with E-state index in [2.05, 4.69) is 21.9 Å². The number of fused-ring (bicyclic) bond motifs is 5. The quantitative estimate of drug-likeness (QED) is 0.275. The van der Waals surface area contributed by atoms with Crippen LogP contribution in [0.5, 0.6) is 11.6 Å². The van der Waals surface area contributed by atoms with Gasteiger partial charge in [-0.25, -0.2) is 18.2 Å². The Kier molecular flexibility index (Phi) is 11.5. The first-order valence-electron chi connectivity index (χ1n) is 20.6. The van der Waals surface area contributed by atoms with Crippen LogP contribution in [0, 0.1) is 17.3 Å². The molecule has 0 spiro atoms. The Balaban J connectivity index is 1.22. The molecule has 7 rings (SSSR count). The molecule has 0 unspecified atom stereocenters. The molecule has 5 aliphatic rings. The zero-order valence-electron chi connectivity index (χ0n) is 33.9. The minimum atomic E-state index is -4.16. The van der Waals surface area contributed by atoms with Gasteiger partial charge in [-0.15, -0.1) is 6.58 Å². The number of aromatic hydroxyl groups is 1. The van der Waals surface area contributed by atoms with Crippen molar-refractivity contribution in [1.29, 1.82) is 0 Å². The number of hydrogen-bond donors (Lipinski definition) is 4. The summed E-state index contributed by atoms with van der Waals surface area (Å²) >= 11 is 0. The van der Waals surface area contributed by atoms with Gasteiger partial charge in [-0.1, -0.05) is 51.8 Å². The number of carbonyl (C=O) groups is 4. The Labute approximate surface area is 340 Å². The number of rotatable bonds is 8. The second-order valence-electron chi connectivity index (χ2n) is 18.0. The van der Waals surface area contributed by atoms with Crippen molar-refractivity contribution in [2.24, 2.45) is 17.3 Å². The lowest BCUT2D eigenvalue weighted by atomic mass is 9.85. The number of ether oxygens (including phenoxy) is 3. The molecule has 0 radical (unpaired) electrons. The minimum Gasteiger partial charge on any atom is -0.507 e. The smallest absolute Gasteiger partial charge is 0.408 e. The fraction of sp³-hybridized carbons (Fsp3) is 0.643. The molecule has 2 aliphatic heterocycles. The van der Waals surface area contributed by atoms with Crippen molar-refractivity contribution in [3.8, 4) is 11.6 Å². The molecule has 1 aromatic carbocycles. The summed E-state index contributed by atoms with van der Waals surface area (Å²) in [5.41, 5.74) is -1.39. The van der Waals surface area contributed by atoms with Crippen LogP contribution >= 0.6 is 0 Å². The van der Waals surface area contributed by atoms with Gasteiger partial charge in [0.25, 0.3) is 5.91 Å². The summed E-state index contributed by atoms with van der Waals surface area (Å²) < 4.78 is 45.5. The number of nitrogens with one attached hydrogen (secondary N) is 3. The lowest BCUT2D eigenvalue weighted by Gasteiger charge is -2.35. The van der Waals surface area contributed by atoms with Crippen LogP contribution in [0.2, 0.25) is 0 Å². The second kappa shape index (κ2) is 16.0. The van der Waals surface area contributed by atoms with Crippen molar-refractivity contribution in [3.05, 3.63) is 42.5 Å². The number of aromatic nitrogens is 1. The Bertz CT molecular complexity index is 2070. The molecule has 3 aliphatic carbocycles. The first kappa shape index (κ1) is 41.7. The highest BCUT2D eigenvalue weighted by Gasteiger charge is 2.64. The lowest BCUT2D eigenvalue weighted by Crippen LogP contribution is -2.60. The molecule has 1 aromatic heterocycles. The Morgan fingerprint density at radius 2 is 1.84 bits per heavy atom. The van der Waals surface area contributed by atoms with Gasteiger partial charge in [0, 0.05) is 24.8 Å². The average molecular weight is 824 g/mol. The van der Waals surface area contributed by atoms with Gasteiger partial charge in [0.2, 0.25) is 27.7 Å². The number of hydrogen-bond acceptors (Lipinski definition) is 11. The van der Waals surface area contributed by atoms with Gasteiger partial charge >= 0.3 is 6.09 Å². The van der Waals surface area contributed by atoms with E-state index in [9.17, 15) is 32.7 Å². The van der Waals surface area contributed by atoms with Gasteiger partial charge in [0.05, 0.1) is 24.2 Å². The van der Waals surface area contributed by atoms with Crippen molar-refractivity contribution in [2.75, 3.05) is 20.3 Å². The summed E-state index contributed by atoms with van der Waals surface area (Å²) in [5.74, 6) is -2.25. The number of nitrogens with zero attached hydrogens (tertiary/aromatic N) is 2. The number of para-hydroxylation sites is 1. The van der Waals surface area contributed by atoms with E-state index in [4.69, 9.17) is 19.2 Å². The number of carbonyl (C=O) groups excluding carboxylic acids is 4. The van der Waals surface area contributed by atoms with Crippen LogP contribution < -0.4 is 20.1 Å². The van der Waals surface area contributed by atoms with Crippen molar-refractivity contribution in [3.63, 3.8) is 0 Å². The Morgan fingerprint density at radius 1 is 1.10 bits per heavy atom. The third-order valence-electron chi connectivity index (χ3n) is 12.8. The van der Waals surface area contributed by atoms with Gasteiger partial charge in [-0.3, -0.25) is 19.1 Å². The predicted molar refractivity (Wildman–Crippen MR) is 214 cm³/mol. The summed E-state index contributed by atoms with van der Waals surface area (Å²) in [6.07, 6.45) is 6.93. The third kappa shape index (κ3) is 8.10. The van der Waals surface area contributed by atoms with E-state index < -0.39 is 73.6 Å². The minimum absolute atomic E-state index is 0.0248. The SMILES string of the molecule is C=C[C@@H]1C[C@]1(NC(=O)[C@@H]1C[C@@H]2CN1C(=O)[C@H](C(C)(C)C)NC(=O)O[C@@H]1CCC[C@H]1CCCCCc1c(nc3ccccc3c1O)O2)C(=O)NS(=O)(=O)C1(COC)CC1. The van der Waals surface area contributed by atoms with Gasteiger partial charge in [-0.05, 0) is 81.3 Å². The number of benzene rings is 1. The summed E-state index contributed by atoms with van der Waals surface area (Å²) in [7, 11) is -2.76. The number of alkyl carbamates (subject to hydrolysis) is 1. The van der Waals surface area contributed by atoms with Crippen molar-refractivity contribution in [2.45, 2.75) is 132 Å². The molecule has 7 atom stereocenters. The van der Waals surface area contributed by atoms with Crippen LogP contribution in [-0.2, 0) is 40.3 Å². The Hall–Kier alpha value is -4.44. The molecular formula is C42H57N5O10S. The number of pyridine rings is 1. The monoisotopic (exact) mass is 823 g/mol. The normalized spacial score (nSPS) is 30.0. The molecule has 58 heavy (non-hydrogen) atoms. The summed E-state index contributed by atoms with van der Waals surface area (Å²) in [5, 5.41) is 17.8. The van der Waals surface area contributed by atoms with Crippen LogP contribution in [0.25, 0.3) is 10.9 Å². The first-order chi connectivity index (χ1) is 27.5. The van der Waals surface area contributed by atoms with Crippen LogP contribution in [-0.4, -0.2) is 102 Å². The van der Waals surface area contributed by atoms with Gasteiger partial charge < -0.3 is 34.9 Å². The number of amides is 4. The lowest BCUT2D eigenvalue weighted by molar-refractivity contribution is -0.143. The molecule has 3 heterocycles. The van der Waals surface area contributed by atoms with Gasteiger partial charge in [-0.2, -0.15) is 0 Å². The van der Waals surface area contributed by atoms with Crippen molar-refractivity contribution in [1.82, 2.24) is 25.2 Å². The average Bonchev–Trinajstić information content (AvgIpc) is 4.01. The zero-order chi connectivity index (χ0) is 41.6. The molecule has 16 heteroatoms. The zero-order valence-corrected chi connectivity index (χ0v) is 34.7. The van der Waals surface area contributed by atoms with Crippen molar-refractivity contribution >= 4 is 44.7 Å². The topological polar surface area (TPSA) is 203 Å². The maximum absolute atomic E-state index is 14.8. The van der Waals surface area contributed by atoms with E-state index in [0.29, 0.717) is 35.7 Å². The maximum Gasteiger partial charge on any atom is 0.408 e. The molecule has 2 aromatic rings. The molecule has 1 saturated heterocycles. The number of sulfonamides is 1. The van der Waals surface area contributed by atoms with E-state index in [1.807, 2.05) is 32.9 Å². The van der Waals surface area contributed by atoms with Crippen LogP contribution in [0.15, 0.2) is 36.9 Å². The molecule has 4 amide bonds. The summed E-state index contributed by atoms with van der Waals surface area (Å²) in [6, 6.07) is 4.90. The second-order valence-corrected chi connectivity index (χ2v) is 20.1. The van der Waals surface area contributed by atoms with E-state index in [1.54, 1.807) is 12.1 Å². The van der Waals surface area contributed by atoms with E-state index in [0.717, 1.165) is 44.9 Å². The fourth-order valence-corrected chi connectivity index (χ4v) is 10.7. The van der Waals surface area contributed by atoms with Crippen LogP contribution in [0.3, 0.4) is 0 Å². The van der Waals surface area contributed by atoms with E-state index in [-0.39, 0.29) is 49.6 Å². The highest BCUT2D eigenvalue weighted by Crippen LogP contribution is 2.48. The number of methoxy groups -OCH3 is 1. The highest BCUT2D eigenvalue weighted by atomic mass is 32.2. The fourth-order valence-electron chi connectivity index (χ4n) is 9.10. The third-order valence-corrected chi connectivity index (χ3v) is 15.0. The molecule has 4 N–H and O–H groups in total. The standard InChI is InChI=1S/C42H57N5O10S/c1-6-26-22-42(26,38(51)46-58(53,54)41(19-20-41)24-55-5)45-35(49)31-21-27-23-47(31)37(50)34(40(2,3)4)44-39(52)57-32-18-12-14-25(32)13-8-7-9-16-29-33(48)28-15-10-11-17-30(28)43-36(29)56-27/h6,10-11,15,17,25-27,31-32,34H,1,7-9,12-14,16,18-24H2,2-5H3,(H,43,48)(H,44,52)(H,45,49)(H,46,51)/t25-,26-,27-,31+,32-,34-,42-/m1/s1. The maximum atomic E-state index is 14.8. The summed E-state index contributed by atoms with van der Waals surface area (Å²) in [4.78, 5) is 62.9. The summed E-state index contributed by atoms with van der Waals surface area (Å²) in [6.45, 7) is 9.07. The molecule has 316 valence electrons. The Morgan fingerprint density at radius 3 is 2.53 bits per heavy atom. The molecule has 4 fully saturated rings. The molecule has 3 saturated carbocycles. The van der Waals surface area contributed by atoms with Gasteiger partial charge in [0.1, 0.15) is 40.3 Å². The molecule has 2 bridgehead atoms. The van der Waals surface area contributed by atoms with Crippen molar-refractivity contribution < 1.29 is 46.9 Å². The van der Waals surface area contributed by atoms with Gasteiger partial charge in [0.15, 0.2) is 0 Å². The first-order valence-corrected chi connectivity index (χ1v) is 22.1. The van der Waals surface area contributed by atoms with Crippen LogP contribution in [0.4, 0.5) is 4.79 Å². The molecular weight excluding hydrogens is 767 g/mol. The predicted octanol–water partition coefficient (Wildman–Crippen LogP) is 4.40. The van der Waals surface area contributed by atoms with Crippen LogP contribution in [0.1, 0.15) is 97.0 Å². The van der Waals surface area contributed by atoms with E-state index in [1.165, 1.54) is 18.1 Å².